The summed E-state index contributed by atoms with van der Waals surface area (Å²) in [6.45, 7) is -2.25. The monoisotopic (exact) mass is 502 g/mol. The average Bonchev–Trinajstić information content (AvgIpc) is 2.70. The first-order valence-electron chi connectivity index (χ1n) is 9.29. The predicted molar refractivity (Wildman–Crippen MR) is 111 cm³/mol. The molecule has 0 atom stereocenters. The van der Waals surface area contributed by atoms with Crippen LogP contribution in [0.15, 0.2) is 18.2 Å². The van der Waals surface area contributed by atoms with Crippen molar-refractivity contribution < 1.29 is 69.3 Å². The summed E-state index contributed by atoms with van der Waals surface area (Å²) in [7, 11) is 0. The van der Waals surface area contributed by atoms with Crippen LogP contribution in [0.5, 0.6) is 0 Å². The van der Waals surface area contributed by atoms with Gasteiger partial charge in [-0.05, 0) is 18.2 Å². The lowest BCUT2D eigenvalue weighted by Gasteiger charge is -2.23. The molecule has 0 saturated carbocycles. The summed E-state index contributed by atoms with van der Waals surface area (Å²) in [4.78, 5) is 76.1. The number of benzene rings is 1. The van der Waals surface area contributed by atoms with Gasteiger partial charge in [0, 0.05) is 13.1 Å². The van der Waals surface area contributed by atoms with Crippen LogP contribution in [0.25, 0.3) is 0 Å². The molecule has 0 unspecified atom stereocenters. The van der Waals surface area contributed by atoms with Gasteiger partial charge in [0.2, 0.25) is 0 Å². The summed E-state index contributed by atoms with van der Waals surface area (Å²) in [5.74, 6) is -9.03. The highest BCUT2D eigenvalue weighted by atomic mass is 16.4. The second kappa shape index (κ2) is 14.6. The highest BCUT2D eigenvalue weighted by molar-refractivity contribution is 5.98. The van der Waals surface area contributed by atoms with Crippen LogP contribution in [-0.2, 0) is 19.2 Å². The molecule has 0 aliphatic rings. The van der Waals surface area contributed by atoms with Crippen molar-refractivity contribution in [2.45, 2.75) is 0 Å². The first kappa shape index (κ1) is 30.4. The van der Waals surface area contributed by atoms with E-state index in [1.54, 1.807) is 0 Å². The van der Waals surface area contributed by atoms with E-state index in [4.69, 9.17) is 35.7 Å². The largest absolute Gasteiger partial charge is 0.480 e. The Hall–Kier alpha value is -4.57. The van der Waals surface area contributed by atoms with E-state index >= 15 is 0 Å². The van der Waals surface area contributed by atoms with Gasteiger partial charge in [-0.1, -0.05) is 0 Å². The summed E-state index contributed by atoms with van der Waals surface area (Å²) in [5, 5.41) is 60.3. The van der Waals surface area contributed by atoms with Crippen LogP contribution in [0, 0.1) is 0 Å². The molecule has 0 aliphatic carbocycles. The second-order valence-corrected chi connectivity index (χ2v) is 6.71. The summed E-state index contributed by atoms with van der Waals surface area (Å²) in [6, 6.07) is 2.70. The molecule has 0 heterocycles. The first-order valence-corrected chi connectivity index (χ1v) is 9.29. The molecule has 0 spiro atoms. The maximum atomic E-state index is 10.6. The molecular weight excluding hydrogens is 480 g/mol. The number of hydrogen-bond donors (Lipinski definition) is 7. The summed E-state index contributed by atoms with van der Waals surface area (Å²) in [6.07, 6.45) is 0. The van der Waals surface area contributed by atoms with Crippen LogP contribution in [0.1, 0.15) is 31.1 Å². The fourth-order valence-electron chi connectivity index (χ4n) is 2.47. The van der Waals surface area contributed by atoms with E-state index in [0.717, 1.165) is 28.0 Å². The van der Waals surface area contributed by atoms with Crippen molar-refractivity contribution in [2.24, 2.45) is 0 Å². The van der Waals surface area contributed by atoms with Gasteiger partial charge < -0.3 is 35.7 Å². The third-order valence-corrected chi connectivity index (χ3v) is 3.84. The third kappa shape index (κ3) is 13.5. The number of nitrogens with zero attached hydrogens (tertiary/aromatic N) is 2. The predicted octanol–water partition coefficient (Wildman–Crippen LogP) is -1.29. The van der Waals surface area contributed by atoms with Gasteiger partial charge in [0.1, 0.15) is 0 Å². The molecule has 7 N–H and O–H groups in total. The Morgan fingerprint density at radius 3 is 0.800 bits per heavy atom. The van der Waals surface area contributed by atoms with Crippen molar-refractivity contribution in [1.82, 2.24) is 9.80 Å². The number of aromatic carboxylic acids is 3. The summed E-state index contributed by atoms with van der Waals surface area (Å²) in [5.41, 5.74) is -1.10. The fraction of sp³-hybridized carbons (Fsp3) is 0.316. The Morgan fingerprint density at radius 2 is 0.657 bits per heavy atom. The van der Waals surface area contributed by atoms with Crippen molar-refractivity contribution in [2.75, 3.05) is 39.3 Å². The molecule has 16 nitrogen and oxygen atoms in total. The van der Waals surface area contributed by atoms with Crippen molar-refractivity contribution in [3.8, 4) is 0 Å². The van der Waals surface area contributed by atoms with Gasteiger partial charge in [0.25, 0.3) is 0 Å². The number of carbonyl (C=O) groups is 7. The number of hydrogen-bond acceptors (Lipinski definition) is 9. The van der Waals surface area contributed by atoms with E-state index in [2.05, 4.69) is 0 Å². The number of carboxylic acid groups (broad SMARTS) is 7. The lowest BCUT2D eigenvalue weighted by Crippen LogP contribution is -2.43. The Morgan fingerprint density at radius 1 is 0.457 bits per heavy atom. The van der Waals surface area contributed by atoms with Crippen LogP contribution in [-0.4, -0.2) is 127 Å². The quantitative estimate of drug-likeness (QED) is 0.156. The van der Waals surface area contributed by atoms with E-state index in [9.17, 15) is 33.6 Å². The molecule has 1 rings (SSSR count). The zero-order chi connectivity index (χ0) is 27.3. The molecule has 1 aromatic carbocycles. The fourth-order valence-corrected chi connectivity index (χ4v) is 2.47. The molecule has 1 aromatic rings. The Balaban J connectivity index is 0.000000686. The van der Waals surface area contributed by atoms with Gasteiger partial charge in [-0.25, -0.2) is 14.4 Å². The number of aliphatic carboxylic acids is 4. The van der Waals surface area contributed by atoms with Crippen LogP contribution in [0.2, 0.25) is 0 Å². The van der Waals surface area contributed by atoms with E-state index in [1.807, 2.05) is 0 Å². The number of carboxylic acids is 7. The molecule has 0 saturated heterocycles. The first-order chi connectivity index (χ1) is 16.1. The molecule has 0 fully saturated rings. The van der Waals surface area contributed by atoms with Crippen LogP contribution >= 0.6 is 0 Å². The molecule has 0 aromatic heterocycles. The normalized spacial score (nSPS) is 10.2. The van der Waals surface area contributed by atoms with Gasteiger partial charge in [0.15, 0.2) is 0 Å². The molecule has 35 heavy (non-hydrogen) atoms. The standard InChI is InChI=1S/C10H16N2O8.C9H6O6/c13-7(14)3-11(4-8(15)16)1-2-12(5-9(17)18)6-10(19)20;10-7(11)4-1-5(8(12)13)3-6(2-4)9(14)15/h1-6H2,(H,13,14)(H,15,16)(H,17,18)(H,19,20);1-3H,(H,10,11)(H,12,13)(H,14,15). The SMILES string of the molecule is O=C(O)CN(CCN(CC(=O)O)CC(=O)O)CC(=O)O.O=C(O)c1cc(C(=O)O)cc(C(=O)O)c1. The van der Waals surface area contributed by atoms with Gasteiger partial charge in [0.05, 0.1) is 42.9 Å². The highest BCUT2D eigenvalue weighted by Crippen LogP contribution is 2.11. The van der Waals surface area contributed by atoms with Crippen molar-refractivity contribution in [1.29, 1.82) is 0 Å². The van der Waals surface area contributed by atoms with Crippen LogP contribution < -0.4 is 0 Å². The van der Waals surface area contributed by atoms with Crippen molar-refractivity contribution >= 4 is 41.8 Å². The van der Waals surface area contributed by atoms with E-state index in [1.165, 1.54) is 0 Å². The van der Waals surface area contributed by atoms with Gasteiger partial charge >= 0.3 is 41.8 Å². The Labute approximate surface area is 195 Å². The number of rotatable bonds is 14. The molecule has 0 amide bonds. The smallest absolute Gasteiger partial charge is 0.335 e. The van der Waals surface area contributed by atoms with Crippen LogP contribution in [0.4, 0.5) is 0 Å². The molecular formula is C19H22N2O14. The second-order valence-electron chi connectivity index (χ2n) is 6.71. The Bertz CT molecular complexity index is 843. The minimum absolute atomic E-state index is 0.0703. The third-order valence-electron chi connectivity index (χ3n) is 3.84. The highest BCUT2D eigenvalue weighted by Gasteiger charge is 2.18. The van der Waals surface area contributed by atoms with Gasteiger partial charge in [-0.2, -0.15) is 0 Å². The van der Waals surface area contributed by atoms with E-state index in [-0.39, 0.29) is 29.8 Å². The minimum atomic E-state index is -1.37. The zero-order valence-corrected chi connectivity index (χ0v) is 17.9. The average molecular weight is 502 g/mol. The maximum Gasteiger partial charge on any atom is 0.335 e. The Kier molecular flexibility index (Phi) is 12.7. The lowest BCUT2D eigenvalue weighted by molar-refractivity contribution is -0.145. The van der Waals surface area contributed by atoms with Crippen molar-refractivity contribution in [3.63, 3.8) is 0 Å². The summed E-state index contributed by atoms with van der Waals surface area (Å²) >= 11 is 0. The molecule has 0 bridgehead atoms. The lowest BCUT2D eigenvalue weighted by atomic mass is 10.1. The van der Waals surface area contributed by atoms with E-state index < -0.39 is 68.0 Å². The zero-order valence-electron chi connectivity index (χ0n) is 17.9. The minimum Gasteiger partial charge on any atom is -0.480 e. The topological polar surface area (TPSA) is 268 Å². The van der Waals surface area contributed by atoms with Crippen LogP contribution in [0.3, 0.4) is 0 Å². The molecule has 192 valence electrons. The maximum absolute atomic E-state index is 10.6. The van der Waals surface area contributed by atoms with E-state index in [0.29, 0.717) is 0 Å². The molecule has 16 heteroatoms. The molecule has 0 aliphatic heterocycles. The molecule has 0 radical (unpaired) electrons. The van der Waals surface area contributed by atoms with Gasteiger partial charge in [-0.3, -0.25) is 29.0 Å². The van der Waals surface area contributed by atoms with Gasteiger partial charge in [-0.15, -0.1) is 0 Å². The van der Waals surface area contributed by atoms with Crippen molar-refractivity contribution in [3.05, 3.63) is 34.9 Å². The summed E-state index contributed by atoms with van der Waals surface area (Å²) < 4.78 is 0.